The third-order valence-electron chi connectivity index (χ3n) is 3.73. The van der Waals surface area contributed by atoms with Crippen molar-refractivity contribution in [3.63, 3.8) is 0 Å². The Balaban J connectivity index is 1.74. The topological polar surface area (TPSA) is 97.1 Å². The van der Waals surface area contributed by atoms with Gasteiger partial charge < -0.3 is 25.4 Å². The Kier molecular flexibility index (Phi) is 3.66. The number of hydrogen-bond acceptors (Lipinski definition) is 5. The van der Waals surface area contributed by atoms with Gasteiger partial charge in [0.25, 0.3) is 0 Å². The van der Waals surface area contributed by atoms with E-state index in [4.69, 9.17) is 15.2 Å². The number of primary amides is 1. The summed E-state index contributed by atoms with van der Waals surface area (Å²) >= 11 is 0. The van der Waals surface area contributed by atoms with Crippen molar-refractivity contribution in [2.24, 2.45) is 5.73 Å². The van der Waals surface area contributed by atoms with Gasteiger partial charge in [0.05, 0.1) is 31.0 Å². The highest BCUT2D eigenvalue weighted by Gasteiger charge is 2.33. The first kappa shape index (κ1) is 14.3. The molecule has 0 radical (unpaired) electrons. The highest BCUT2D eigenvalue weighted by Crippen LogP contribution is 2.35. The van der Waals surface area contributed by atoms with Gasteiger partial charge >= 0.3 is 12.1 Å². The van der Waals surface area contributed by atoms with Gasteiger partial charge in [0.1, 0.15) is 18.5 Å². The Morgan fingerprint density at radius 1 is 1.50 bits per heavy atom. The van der Waals surface area contributed by atoms with Crippen LogP contribution >= 0.6 is 0 Å². The Morgan fingerprint density at radius 3 is 3.09 bits per heavy atom. The summed E-state index contributed by atoms with van der Waals surface area (Å²) in [6.07, 6.45) is -0.861. The summed E-state index contributed by atoms with van der Waals surface area (Å²) in [5.41, 5.74) is 6.72. The van der Waals surface area contributed by atoms with Gasteiger partial charge in [0.2, 0.25) is 0 Å². The van der Waals surface area contributed by atoms with E-state index in [1.54, 1.807) is 0 Å². The summed E-state index contributed by atoms with van der Waals surface area (Å²) in [5, 5.41) is 2.44. The summed E-state index contributed by atoms with van der Waals surface area (Å²) in [6.45, 7) is 2.00. The zero-order valence-corrected chi connectivity index (χ0v) is 12.2. The first-order chi connectivity index (χ1) is 10.5. The average Bonchev–Trinajstić information content (AvgIpc) is 2.86. The van der Waals surface area contributed by atoms with Crippen molar-refractivity contribution in [1.29, 1.82) is 0 Å². The predicted octanol–water partition coefficient (Wildman–Crippen LogP) is 0.509. The quantitative estimate of drug-likeness (QED) is 0.848. The molecule has 1 fully saturated rings. The molecule has 2 aliphatic heterocycles. The monoisotopic (exact) mass is 306 g/mol. The van der Waals surface area contributed by atoms with Gasteiger partial charge in [-0.25, -0.2) is 9.59 Å². The molecule has 1 saturated heterocycles. The third kappa shape index (κ3) is 2.72. The number of ether oxygens (including phenoxy) is 2. The molecule has 2 heterocycles. The van der Waals surface area contributed by atoms with E-state index < -0.39 is 18.2 Å². The van der Waals surface area contributed by atoms with Crippen LogP contribution in [0.4, 0.5) is 21.0 Å². The SMILES string of the molecule is CN1CCOc2cc(N3C[C@H](CNC(N)=O)OC3=O)ccc21. The molecule has 3 amide bonds. The number of rotatable bonds is 3. The number of urea groups is 1. The van der Waals surface area contributed by atoms with Gasteiger partial charge in [-0.1, -0.05) is 0 Å². The Hall–Kier alpha value is -2.64. The molecule has 118 valence electrons. The molecule has 0 unspecified atom stereocenters. The minimum Gasteiger partial charge on any atom is -0.489 e. The number of fused-ring (bicyclic) bond motifs is 1. The van der Waals surface area contributed by atoms with Crippen molar-refractivity contribution >= 4 is 23.5 Å². The molecule has 0 aliphatic carbocycles. The number of carbonyl (C=O) groups excluding carboxylic acids is 2. The normalized spacial score (nSPS) is 20.2. The van der Waals surface area contributed by atoms with E-state index in [9.17, 15) is 9.59 Å². The van der Waals surface area contributed by atoms with Crippen LogP contribution in [0.3, 0.4) is 0 Å². The molecule has 0 aromatic heterocycles. The summed E-state index contributed by atoms with van der Waals surface area (Å²) < 4.78 is 10.9. The number of amides is 3. The highest BCUT2D eigenvalue weighted by molar-refractivity contribution is 5.90. The first-order valence-corrected chi connectivity index (χ1v) is 7.04. The van der Waals surface area contributed by atoms with Crippen molar-refractivity contribution < 1.29 is 19.1 Å². The van der Waals surface area contributed by atoms with Crippen LogP contribution in [-0.4, -0.2) is 51.5 Å². The lowest BCUT2D eigenvalue weighted by molar-refractivity contribution is 0.141. The molecular weight excluding hydrogens is 288 g/mol. The summed E-state index contributed by atoms with van der Waals surface area (Å²) in [7, 11) is 2.00. The Labute approximate surface area is 127 Å². The third-order valence-corrected chi connectivity index (χ3v) is 3.73. The predicted molar refractivity (Wildman–Crippen MR) is 80.4 cm³/mol. The molecule has 3 N–H and O–H groups in total. The second kappa shape index (κ2) is 5.63. The second-order valence-electron chi connectivity index (χ2n) is 5.28. The molecule has 1 aromatic rings. The van der Waals surface area contributed by atoms with E-state index in [-0.39, 0.29) is 6.54 Å². The van der Waals surface area contributed by atoms with Crippen LogP contribution in [0, 0.1) is 0 Å². The van der Waals surface area contributed by atoms with Gasteiger partial charge in [-0.15, -0.1) is 0 Å². The lowest BCUT2D eigenvalue weighted by atomic mass is 10.2. The van der Waals surface area contributed by atoms with E-state index in [2.05, 4.69) is 10.2 Å². The van der Waals surface area contributed by atoms with Crippen LogP contribution in [0.5, 0.6) is 5.75 Å². The van der Waals surface area contributed by atoms with Crippen molar-refractivity contribution in [3.8, 4) is 5.75 Å². The second-order valence-corrected chi connectivity index (χ2v) is 5.28. The molecule has 0 saturated carbocycles. The maximum Gasteiger partial charge on any atom is 0.414 e. The Bertz CT molecular complexity index is 607. The van der Waals surface area contributed by atoms with Crippen LogP contribution < -0.4 is 25.6 Å². The van der Waals surface area contributed by atoms with E-state index in [0.717, 1.165) is 18.0 Å². The number of likely N-dealkylation sites (N-methyl/N-ethyl adjacent to an activating group) is 1. The van der Waals surface area contributed by atoms with Crippen molar-refractivity contribution in [2.75, 3.05) is 43.1 Å². The molecule has 0 bridgehead atoms. The van der Waals surface area contributed by atoms with Crippen molar-refractivity contribution in [3.05, 3.63) is 18.2 Å². The first-order valence-electron chi connectivity index (χ1n) is 7.04. The molecule has 22 heavy (non-hydrogen) atoms. The lowest BCUT2D eigenvalue weighted by Gasteiger charge is -2.28. The zero-order valence-electron chi connectivity index (χ0n) is 12.2. The highest BCUT2D eigenvalue weighted by atomic mass is 16.6. The lowest BCUT2D eigenvalue weighted by Crippen LogP contribution is -2.37. The van der Waals surface area contributed by atoms with Crippen LogP contribution in [0.1, 0.15) is 0 Å². The van der Waals surface area contributed by atoms with Gasteiger partial charge in [-0.2, -0.15) is 0 Å². The molecule has 1 atom stereocenters. The molecule has 3 rings (SSSR count). The van der Waals surface area contributed by atoms with Gasteiger partial charge in [-0.3, -0.25) is 4.90 Å². The van der Waals surface area contributed by atoms with Crippen molar-refractivity contribution in [1.82, 2.24) is 5.32 Å². The van der Waals surface area contributed by atoms with E-state index in [1.807, 2.05) is 25.2 Å². The zero-order chi connectivity index (χ0) is 15.7. The fourth-order valence-electron chi connectivity index (χ4n) is 2.57. The van der Waals surface area contributed by atoms with E-state index in [1.165, 1.54) is 4.90 Å². The number of carbonyl (C=O) groups is 2. The maximum absolute atomic E-state index is 12.0. The summed E-state index contributed by atoms with van der Waals surface area (Å²) in [6, 6.07) is 4.97. The van der Waals surface area contributed by atoms with Crippen molar-refractivity contribution in [2.45, 2.75) is 6.10 Å². The van der Waals surface area contributed by atoms with Gasteiger partial charge in [0.15, 0.2) is 0 Å². The number of benzene rings is 1. The van der Waals surface area contributed by atoms with Crippen LogP contribution in [0.2, 0.25) is 0 Å². The molecular formula is C14H18N4O4. The van der Waals surface area contributed by atoms with Crippen LogP contribution in [0.25, 0.3) is 0 Å². The Morgan fingerprint density at radius 2 is 2.32 bits per heavy atom. The molecule has 1 aromatic carbocycles. The number of nitrogens with zero attached hydrogens (tertiary/aromatic N) is 2. The van der Waals surface area contributed by atoms with E-state index >= 15 is 0 Å². The summed E-state index contributed by atoms with van der Waals surface area (Å²) in [5.74, 6) is 0.748. The average molecular weight is 306 g/mol. The number of hydrogen-bond donors (Lipinski definition) is 2. The number of cyclic esters (lactones) is 1. The van der Waals surface area contributed by atoms with Gasteiger partial charge in [0, 0.05) is 13.1 Å². The fourth-order valence-corrected chi connectivity index (χ4v) is 2.57. The number of nitrogens with one attached hydrogen (secondary N) is 1. The molecule has 0 spiro atoms. The molecule has 2 aliphatic rings. The number of nitrogens with two attached hydrogens (primary N) is 1. The summed E-state index contributed by atoms with van der Waals surface area (Å²) in [4.78, 5) is 26.3. The standard InChI is InChI=1S/C14H18N4O4/c1-17-4-5-21-12-6-9(2-3-11(12)17)18-8-10(22-14(18)20)7-16-13(15)19/h2-3,6,10H,4-5,7-8H2,1H3,(H3,15,16,19)/t10-/m0/s1. The smallest absolute Gasteiger partial charge is 0.414 e. The minimum atomic E-state index is -0.639. The largest absolute Gasteiger partial charge is 0.489 e. The number of anilines is 2. The molecule has 8 heteroatoms. The van der Waals surface area contributed by atoms with Gasteiger partial charge in [-0.05, 0) is 12.1 Å². The molecule has 8 nitrogen and oxygen atoms in total. The fraction of sp³-hybridized carbons (Fsp3) is 0.429. The van der Waals surface area contributed by atoms with Crippen LogP contribution in [-0.2, 0) is 4.74 Å². The van der Waals surface area contributed by atoms with E-state index in [0.29, 0.717) is 18.8 Å². The maximum atomic E-state index is 12.0. The van der Waals surface area contributed by atoms with Crippen LogP contribution in [0.15, 0.2) is 18.2 Å². The minimum absolute atomic E-state index is 0.196.